The summed E-state index contributed by atoms with van der Waals surface area (Å²) in [5.74, 6) is 0.476. The summed E-state index contributed by atoms with van der Waals surface area (Å²) in [6, 6.07) is 14.8. The number of nitrogens with two attached hydrogens (primary N) is 1. The van der Waals surface area contributed by atoms with E-state index in [1.54, 1.807) is 38.4 Å². The van der Waals surface area contributed by atoms with Gasteiger partial charge in [-0.15, -0.1) is 12.4 Å². The molecule has 6 nitrogen and oxygen atoms in total. The van der Waals surface area contributed by atoms with Gasteiger partial charge in [0.2, 0.25) is 5.91 Å². The first-order chi connectivity index (χ1) is 12.6. The molecule has 0 saturated carbocycles. The highest BCUT2D eigenvalue weighted by molar-refractivity contribution is 6.04. The van der Waals surface area contributed by atoms with Gasteiger partial charge in [0.05, 0.1) is 18.4 Å². The fraction of sp³-hybridized carbons (Fsp3) is 0.300. The van der Waals surface area contributed by atoms with E-state index < -0.39 is 0 Å². The second-order valence-corrected chi connectivity index (χ2v) is 5.86. The highest BCUT2D eigenvalue weighted by Crippen LogP contribution is 2.20. The number of methoxy groups -OCH3 is 1. The minimum absolute atomic E-state index is 0. The average Bonchev–Trinajstić information content (AvgIpc) is 2.68. The molecule has 2 aromatic carbocycles. The maximum atomic E-state index is 12.5. The van der Waals surface area contributed by atoms with Crippen molar-refractivity contribution in [1.82, 2.24) is 5.32 Å². The van der Waals surface area contributed by atoms with Gasteiger partial charge in [-0.1, -0.05) is 24.3 Å². The minimum atomic E-state index is -0.207. The molecule has 146 valence electrons. The number of rotatable bonds is 8. The maximum absolute atomic E-state index is 12.5. The maximum Gasteiger partial charge on any atom is 0.253 e. The molecule has 0 aromatic heterocycles. The van der Waals surface area contributed by atoms with E-state index in [4.69, 9.17) is 10.5 Å². The van der Waals surface area contributed by atoms with Gasteiger partial charge in [-0.2, -0.15) is 0 Å². The van der Waals surface area contributed by atoms with Crippen LogP contribution in [0.2, 0.25) is 0 Å². The summed E-state index contributed by atoms with van der Waals surface area (Å²) in [5, 5.41) is 2.91. The van der Waals surface area contributed by atoms with Crippen LogP contribution >= 0.6 is 12.4 Å². The first kappa shape index (κ1) is 22.5. The molecule has 2 aromatic rings. The van der Waals surface area contributed by atoms with Crippen molar-refractivity contribution in [1.29, 1.82) is 0 Å². The number of amides is 2. The van der Waals surface area contributed by atoms with Crippen molar-refractivity contribution in [2.24, 2.45) is 5.73 Å². The van der Waals surface area contributed by atoms with Crippen molar-refractivity contribution in [2.45, 2.75) is 12.8 Å². The molecule has 0 saturated heterocycles. The van der Waals surface area contributed by atoms with Crippen LogP contribution < -0.4 is 20.7 Å². The third-order valence-corrected chi connectivity index (χ3v) is 4.10. The van der Waals surface area contributed by atoms with E-state index in [-0.39, 0.29) is 37.2 Å². The van der Waals surface area contributed by atoms with E-state index in [0.29, 0.717) is 24.2 Å². The Morgan fingerprint density at radius 1 is 1.11 bits per heavy atom. The van der Waals surface area contributed by atoms with Gasteiger partial charge in [0.1, 0.15) is 5.75 Å². The third kappa shape index (κ3) is 6.27. The number of ether oxygens (including phenoxy) is 1. The van der Waals surface area contributed by atoms with Gasteiger partial charge in [-0.3, -0.25) is 9.59 Å². The monoisotopic (exact) mass is 391 g/mol. The van der Waals surface area contributed by atoms with E-state index >= 15 is 0 Å². The molecule has 0 spiro atoms. The van der Waals surface area contributed by atoms with Crippen LogP contribution in [0, 0.1) is 0 Å². The lowest BCUT2D eigenvalue weighted by Gasteiger charge is -2.20. The van der Waals surface area contributed by atoms with Crippen molar-refractivity contribution in [3.8, 4) is 5.75 Å². The topological polar surface area (TPSA) is 84.7 Å². The zero-order valence-electron chi connectivity index (χ0n) is 15.6. The van der Waals surface area contributed by atoms with Crippen LogP contribution in [-0.4, -0.2) is 39.1 Å². The Labute approximate surface area is 166 Å². The molecule has 3 N–H and O–H groups in total. The van der Waals surface area contributed by atoms with Crippen LogP contribution in [0.5, 0.6) is 5.75 Å². The van der Waals surface area contributed by atoms with Crippen molar-refractivity contribution < 1.29 is 14.3 Å². The second-order valence-electron chi connectivity index (χ2n) is 5.86. The summed E-state index contributed by atoms with van der Waals surface area (Å²) in [6.45, 7) is 0.777. The van der Waals surface area contributed by atoms with Gasteiger partial charge in [0.25, 0.3) is 5.91 Å². The Morgan fingerprint density at radius 2 is 1.78 bits per heavy atom. The fourth-order valence-corrected chi connectivity index (χ4v) is 2.59. The third-order valence-electron chi connectivity index (χ3n) is 4.10. The Balaban J connectivity index is 0.00000364. The van der Waals surface area contributed by atoms with Crippen molar-refractivity contribution in [3.63, 3.8) is 0 Å². The van der Waals surface area contributed by atoms with E-state index in [1.807, 2.05) is 24.3 Å². The summed E-state index contributed by atoms with van der Waals surface area (Å²) in [6.07, 6.45) is 0.948. The number of hydrogen-bond donors (Lipinski definition) is 2. The number of halogens is 1. The number of anilines is 1. The summed E-state index contributed by atoms with van der Waals surface area (Å²) in [5.41, 5.74) is 7.60. The number of hydrogen-bond acceptors (Lipinski definition) is 4. The molecule has 0 aliphatic heterocycles. The van der Waals surface area contributed by atoms with Crippen molar-refractivity contribution in [3.05, 3.63) is 59.7 Å². The van der Waals surface area contributed by atoms with Gasteiger partial charge < -0.3 is 20.7 Å². The number of nitrogens with one attached hydrogen (secondary N) is 1. The molecular weight excluding hydrogens is 366 g/mol. The normalized spacial score (nSPS) is 9.89. The summed E-state index contributed by atoms with van der Waals surface area (Å²) >= 11 is 0. The molecule has 0 bridgehead atoms. The zero-order chi connectivity index (χ0) is 18.9. The van der Waals surface area contributed by atoms with E-state index in [0.717, 1.165) is 11.3 Å². The standard InChI is InChI=1S/C20H25N3O3.ClH/c1-23(19(24)11-13-21)18-6-4-3-5-17(18)20(25)22-14-12-15-7-9-16(26-2)10-8-15;/h3-10H,11-14,21H2,1-2H3,(H,22,25);1H. The van der Waals surface area contributed by atoms with Gasteiger partial charge in [-0.25, -0.2) is 0 Å². The summed E-state index contributed by atoms with van der Waals surface area (Å²) in [7, 11) is 3.28. The van der Waals surface area contributed by atoms with E-state index in [9.17, 15) is 9.59 Å². The highest BCUT2D eigenvalue weighted by atomic mass is 35.5. The molecule has 27 heavy (non-hydrogen) atoms. The molecule has 0 unspecified atom stereocenters. The van der Waals surface area contributed by atoms with Gasteiger partial charge in [-0.05, 0) is 36.2 Å². The molecule has 0 fully saturated rings. The Kier molecular flexibility index (Phi) is 9.33. The van der Waals surface area contributed by atoms with Crippen LogP contribution in [0.1, 0.15) is 22.3 Å². The van der Waals surface area contributed by atoms with Crippen LogP contribution in [-0.2, 0) is 11.2 Å². The number of benzene rings is 2. The lowest BCUT2D eigenvalue weighted by Crippen LogP contribution is -2.32. The fourth-order valence-electron chi connectivity index (χ4n) is 2.59. The molecule has 0 aliphatic carbocycles. The molecule has 7 heteroatoms. The van der Waals surface area contributed by atoms with E-state index in [2.05, 4.69) is 5.32 Å². The molecule has 0 atom stereocenters. The molecule has 2 amide bonds. The van der Waals surface area contributed by atoms with Crippen LogP contribution in [0.25, 0.3) is 0 Å². The summed E-state index contributed by atoms with van der Waals surface area (Å²) in [4.78, 5) is 26.1. The minimum Gasteiger partial charge on any atom is -0.497 e. The van der Waals surface area contributed by atoms with Crippen LogP contribution in [0.15, 0.2) is 48.5 Å². The van der Waals surface area contributed by atoms with E-state index in [1.165, 1.54) is 4.90 Å². The predicted octanol–water partition coefficient (Wildman–Crippen LogP) is 2.40. The van der Waals surface area contributed by atoms with Gasteiger partial charge in [0.15, 0.2) is 0 Å². The highest BCUT2D eigenvalue weighted by Gasteiger charge is 2.17. The molecule has 2 rings (SSSR count). The number of nitrogens with zero attached hydrogens (tertiary/aromatic N) is 1. The quantitative estimate of drug-likeness (QED) is 0.723. The summed E-state index contributed by atoms with van der Waals surface area (Å²) < 4.78 is 5.13. The first-order valence-corrected chi connectivity index (χ1v) is 8.53. The largest absolute Gasteiger partial charge is 0.497 e. The zero-order valence-corrected chi connectivity index (χ0v) is 16.4. The lowest BCUT2D eigenvalue weighted by atomic mass is 10.1. The lowest BCUT2D eigenvalue weighted by molar-refractivity contribution is -0.118. The Bertz CT molecular complexity index is 750. The smallest absolute Gasteiger partial charge is 0.253 e. The number of para-hydroxylation sites is 1. The van der Waals surface area contributed by atoms with Gasteiger partial charge >= 0.3 is 0 Å². The molecular formula is C20H26ClN3O3. The predicted molar refractivity (Wildman–Crippen MR) is 110 cm³/mol. The number of carbonyl (C=O) groups is 2. The Morgan fingerprint density at radius 3 is 2.41 bits per heavy atom. The average molecular weight is 392 g/mol. The molecule has 0 radical (unpaired) electrons. The first-order valence-electron chi connectivity index (χ1n) is 8.53. The van der Waals surface area contributed by atoms with Crippen LogP contribution in [0.3, 0.4) is 0 Å². The Hall–Kier alpha value is -2.57. The second kappa shape index (κ2) is 11.2. The van der Waals surface area contributed by atoms with Crippen molar-refractivity contribution >= 4 is 29.9 Å². The molecule has 0 heterocycles. The SMILES string of the molecule is COc1ccc(CCNC(=O)c2ccccc2N(C)C(=O)CCN)cc1.Cl. The number of carbonyl (C=O) groups excluding carboxylic acids is 2. The van der Waals surface area contributed by atoms with Crippen LogP contribution in [0.4, 0.5) is 5.69 Å². The molecule has 0 aliphatic rings. The van der Waals surface area contributed by atoms with Gasteiger partial charge in [0, 0.05) is 26.6 Å². The van der Waals surface area contributed by atoms with Crippen molar-refractivity contribution in [2.75, 3.05) is 32.1 Å².